The Hall–Kier alpha value is -2.26. The third-order valence-corrected chi connectivity index (χ3v) is 7.16. The van der Waals surface area contributed by atoms with Crippen LogP contribution < -0.4 is 4.90 Å². The quantitative estimate of drug-likeness (QED) is 0.393. The molecule has 162 valence electrons. The molecular formula is C23H25N3O3S2. The van der Waals surface area contributed by atoms with Crippen LogP contribution in [0.2, 0.25) is 0 Å². The Morgan fingerprint density at radius 1 is 1.13 bits per heavy atom. The fourth-order valence-electron chi connectivity index (χ4n) is 3.55. The van der Waals surface area contributed by atoms with Crippen molar-refractivity contribution in [2.75, 3.05) is 50.5 Å². The molecule has 2 aromatic carbocycles. The first-order valence-electron chi connectivity index (χ1n) is 10.2. The molecule has 0 aliphatic carbocycles. The van der Waals surface area contributed by atoms with Crippen LogP contribution in [-0.4, -0.2) is 67.2 Å². The normalized spacial score (nSPS) is 14.6. The molecule has 0 saturated carbocycles. The number of hydrogen-bond donors (Lipinski definition) is 0. The van der Waals surface area contributed by atoms with E-state index < -0.39 is 0 Å². The van der Waals surface area contributed by atoms with Crippen molar-refractivity contribution in [3.05, 3.63) is 53.6 Å². The zero-order valence-electron chi connectivity index (χ0n) is 17.7. The number of ketones is 1. The lowest BCUT2D eigenvalue weighted by Gasteiger charge is -2.29. The highest BCUT2D eigenvalue weighted by Crippen LogP contribution is 2.34. The van der Waals surface area contributed by atoms with Crippen LogP contribution in [0.25, 0.3) is 10.2 Å². The lowest BCUT2D eigenvalue weighted by Crippen LogP contribution is -2.43. The molecule has 2 heterocycles. The Bertz CT molecular complexity index is 1080. The first-order valence-corrected chi connectivity index (χ1v) is 12.3. The van der Waals surface area contributed by atoms with E-state index in [0.717, 1.165) is 48.0 Å². The van der Waals surface area contributed by atoms with Gasteiger partial charge in [0.15, 0.2) is 10.9 Å². The maximum atomic E-state index is 13.5. The van der Waals surface area contributed by atoms with Gasteiger partial charge >= 0.3 is 0 Å². The van der Waals surface area contributed by atoms with Crippen molar-refractivity contribution < 1.29 is 14.3 Å². The third-order valence-electron chi connectivity index (χ3n) is 5.35. The number of benzene rings is 2. The number of nitrogens with zero attached hydrogens (tertiary/aromatic N) is 3. The van der Waals surface area contributed by atoms with E-state index in [0.29, 0.717) is 22.8 Å². The van der Waals surface area contributed by atoms with Crippen molar-refractivity contribution in [2.24, 2.45) is 0 Å². The predicted molar refractivity (Wildman–Crippen MR) is 127 cm³/mol. The van der Waals surface area contributed by atoms with Crippen LogP contribution >= 0.6 is 23.1 Å². The number of rotatable bonds is 7. The molecule has 1 aromatic heterocycles. The maximum Gasteiger partial charge on any atom is 0.260 e. The Balaban J connectivity index is 1.65. The van der Waals surface area contributed by atoms with Gasteiger partial charge in [-0.15, -0.1) is 11.8 Å². The Labute approximate surface area is 190 Å². The number of morpholine rings is 1. The van der Waals surface area contributed by atoms with Gasteiger partial charge in [0.05, 0.1) is 23.4 Å². The van der Waals surface area contributed by atoms with E-state index >= 15 is 0 Å². The minimum absolute atomic E-state index is 0.0149. The highest BCUT2D eigenvalue weighted by Gasteiger charge is 2.23. The zero-order chi connectivity index (χ0) is 21.8. The summed E-state index contributed by atoms with van der Waals surface area (Å²) in [4.78, 5) is 35.1. The van der Waals surface area contributed by atoms with Crippen molar-refractivity contribution in [1.29, 1.82) is 0 Å². The molecular weight excluding hydrogens is 430 g/mol. The lowest BCUT2D eigenvalue weighted by atomic mass is 10.1. The minimum Gasteiger partial charge on any atom is -0.379 e. The summed E-state index contributed by atoms with van der Waals surface area (Å²) in [6.07, 6.45) is 2.03. The molecule has 0 unspecified atom stereocenters. The molecule has 0 atom stereocenters. The molecule has 6 nitrogen and oxygen atoms in total. The van der Waals surface area contributed by atoms with Gasteiger partial charge in [0, 0.05) is 42.2 Å². The summed E-state index contributed by atoms with van der Waals surface area (Å²) in [6.45, 7) is 6.00. The van der Waals surface area contributed by atoms with Gasteiger partial charge in [-0.1, -0.05) is 29.5 Å². The van der Waals surface area contributed by atoms with E-state index in [-0.39, 0.29) is 11.7 Å². The molecule has 1 fully saturated rings. The number of carbonyl (C=O) groups excluding carboxylic acids is 2. The fourth-order valence-corrected chi connectivity index (χ4v) is 5.19. The van der Waals surface area contributed by atoms with Crippen LogP contribution in [0.3, 0.4) is 0 Å². The summed E-state index contributed by atoms with van der Waals surface area (Å²) < 4.78 is 6.51. The van der Waals surface area contributed by atoms with Crippen molar-refractivity contribution in [3.63, 3.8) is 0 Å². The summed E-state index contributed by atoms with van der Waals surface area (Å²) in [6, 6.07) is 13.0. The Morgan fingerprint density at radius 3 is 2.52 bits per heavy atom. The summed E-state index contributed by atoms with van der Waals surface area (Å²) in [7, 11) is 0. The van der Waals surface area contributed by atoms with Crippen molar-refractivity contribution in [1.82, 2.24) is 9.88 Å². The van der Waals surface area contributed by atoms with E-state index in [1.807, 2.05) is 18.4 Å². The smallest absolute Gasteiger partial charge is 0.260 e. The fraction of sp³-hybridized carbons (Fsp3) is 0.348. The Morgan fingerprint density at radius 2 is 1.84 bits per heavy atom. The summed E-state index contributed by atoms with van der Waals surface area (Å²) in [5, 5.41) is 0.699. The van der Waals surface area contributed by atoms with Crippen molar-refractivity contribution in [2.45, 2.75) is 11.8 Å². The maximum absolute atomic E-state index is 13.5. The number of aromatic nitrogens is 1. The summed E-state index contributed by atoms with van der Waals surface area (Å²) in [5.74, 6) is -0.118. The van der Waals surface area contributed by atoms with Crippen LogP contribution in [0.1, 0.15) is 27.6 Å². The molecule has 4 rings (SSSR count). The van der Waals surface area contributed by atoms with Gasteiger partial charge in [0.1, 0.15) is 0 Å². The minimum atomic E-state index is -0.104. The van der Waals surface area contributed by atoms with E-state index in [1.54, 1.807) is 40.9 Å². The third kappa shape index (κ3) is 4.98. The summed E-state index contributed by atoms with van der Waals surface area (Å²) >= 11 is 3.19. The topological polar surface area (TPSA) is 62.7 Å². The van der Waals surface area contributed by atoms with Crippen molar-refractivity contribution >= 4 is 50.1 Å². The number of amides is 1. The molecule has 0 spiro atoms. The summed E-state index contributed by atoms with van der Waals surface area (Å²) in [5.41, 5.74) is 2.09. The van der Waals surface area contributed by atoms with Gasteiger partial charge < -0.3 is 4.74 Å². The second kappa shape index (κ2) is 9.91. The second-order valence-corrected chi connectivity index (χ2v) is 9.20. The zero-order valence-corrected chi connectivity index (χ0v) is 19.3. The number of fused-ring (bicyclic) bond motifs is 1. The van der Waals surface area contributed by atoms with Crippen LogP contribution in [0.15, 0.2) is 47.4 Å². The van der Waals surface area contributed by atoms with Gasteiger partial charge in [-0.3, -0.25) is 19.4 Å². The molecule has 1 saturated heterocycles. The molecule has 8 heteroatoms. The van der Waals surface area contributed by atoms with Gasteiger partial charge in [0.25, 0.3) is 5.91 Å². The first kappa shape index (κ1) is 22.0. The molecule has 0 N–H and O–H groups in total. The van der Waals surface area contributed by atoms with Gasteiger partial charge in [-0.05, 0) is 37.4 Å². The molecule has 1 aliphatic rings. The first-order chi connectivity index (χ1) is 15.1. The average Bonchev–Trinajstić information content (AvgIpc) is 3.24. The number of ether oxygens (including phenoxy) is 1. The number of hydrogen-bond acceptors (Lipinski definition) is 7. The number of Topliss-reactive ketones (excluding diaryl/α,β-unsaturated/α-hetero) is 1. The molecule has 1 aliphatic heterocycles. The number of carbonyl (C=O) groups is 2. The van der Waals surface area contributed by atoms with Gasteiger partial charge in [0.2, 0.25) is 0 Å². The van der Waals surface area contributed by atoms with Gasteiger partial charge in [-0.25, -0.2) is 4.98 Å². The van der Waals surface area contributed by atoms with E-state index in [2.05, 4.69) is 11.0 Å². The molecule has 3 aromatic rings. The Kier molecular flexibility index (Phi) is 7.02. The monoisotopic (exact) mass is 455 g/mol. The lowest BCUT2D eigenvalue weighted by molar-refractivity contribution is 0.0391. The molecule has 0 radical (unpaired) electrons. The van der Waals surface area contributed by atoms with E-state index in [9.17, 15) is 9.59 Å². The predicted octanol–water partition coefficient (Wildman–Crippen LogP) is 4.20. The van der Waals surface area contributed by atoms with Crippen LogP contribution in [0, 0.1) is 0 Å². The molecule has 1 amide bonds. The van der Waals surface area contributed by atoms with Crippen LogP contribution in [0.4, 0.5) is 5.13 Å². The van der Waals surface area contributed by atoms with Crippen molar-refractivity contribution in [3.8, 4) is 0 Å². The SMILES string of the molecule is CSc1cccc2sc(N(CCN3CCOCC3)C(=O)c3ccc(C(C)=O)cc3)nc12. The number of para-hydroxylation sites is 1. The van der Waals surface area contributed by atoms with Gasteiger partial charge in [-0.2, -0.15) is 0 Å². The van der Waals surface area contributed by atoms with E-state index in [1.165, 1.54) is 18.3 Å². The van der Waals surface area contributed by atoms with Crippen LogP contribution in [0.5, 0.6) is 0 Å². The molecule has 31 heavy (non-hydrogen) atoms. The highest BCUT2D eigenvalue weighted by molar-refractivity contribution is 7.98. The standard InChI is InChI=1S/C23H25N3O3S2/c1-16(27)17-6-8-18(9-7-17)22(28)26(11-10-25-12-14-29-15-13-25)23-24-21-19(30-2)4-3-5-20(21)31-23/h3-9H,10-15H2,1-2H3. The largest absolute Gasteiger partial charge is 0.379 e. The highest BCUT2D eigenvalue weighted by atomic mass is 32.2. The second-order valence-electron chi connectivity index (χ2n) is 7.35. The average molecular weight is 456 g/mol. The number of thioether (sulfide) groups is 1. The van der Waals surface area contributed by atoms with E-state index in [4.69, 9.17) is 9.72 Å². The molecule has 0 bridgehead atoms. The number of thiazole rings is 1. The van der Waals surface area contributed by atoms with Crippen LogP contribution in [-0.2, 0) is 4.74 Å². The number of anilines is 1.